The van der Waals surface area contributed by atoms with Gasteiger partial charge in [-0.1, -0.05) is 382 Å². The lowest BCUT2D eigenvalue weighted by atomic mass is 9.91. The van der Waals surface area contributed by atoms with E-state index in [0.29, 0.717) is 0 Å². The first-order valence-electron chi connectivity index (χ1n) is 50.3. The zero-order valence-electron chi connectivity index (χ0n) is 79.6. The van der Waals surface area contributed by atoms with Gasteiger partial charge < -0.3 is 27.4 Å². The van der Waals surface area contributed by atoms with Gasteiger partial charge in [-0.3, -0.25) is 0 Å². The van der Waals surface area contributed by atoms with Crippen LogP contribution in [-0.4, -0.2) is 27.4 Å². The number of rotatable bonds is 11. The van der Waals surface area contributed by atoms with Crippen LogP contribution in [0.2, 0.25) is 0 Å². The molecule has 0 radical (unpaired) electrons. The minimum Gasteiger partial charge on any atom is -0.309 e. The minimum atomic E-state index is 1.17. The third-order valence-electron chi connectivity index (χ3n) is 30.5. The molecular weight excluding hydrogens is 1770 g/mol. The molecule has 0 spiro atoms. The van der Waals surface area contributed by atoms with Crippen LogP contribution in [0.15, 0.2) is 546 Å². The quantitative estimate of drug-likeness (QED) is 0.124. The standard InChI is InChI=1S/C50H32N2.C46H30N2.C44H28N2/c1-2-15-36(16-3-1)51-47-22-10-8-20-42(47)44-31-34(25-29-49(44)51)37-27-28-38(41-19-7-6-18-40(37)41)35-26-30-50-45(32-35)43-21-9-11-23-48(43)52(50)46-24-12-14-33-13-4-5-17-39(33)46;1-2-11-31(12-3-1)34-15-10-16-37(27-34)47-43-19-8-6-17-39(43)41-29-35(22-25-45(41)47)36-23-26-46-42(30-36)40-18-7-9-20-44(40)48(46)38-24-21-32-13-4-5-14-33(32)28-38;1-2-14-33(15-3-1)45-42-25-22-32(28-39(42)37-24-21-30-12-5-7-17-35(30)44(37)45)31-23-26-43-38(27-31)36-18-8-9-19-41(36)46(43)40-20-10-13-29-11-4-6-16-34(29)40/h1-32H;1-30H;1-28H. The summed E-state index contributed by atoms with van der Waals surface area (Å²) in [7, 11) is 0. The molecule has 0 N–H and O–H groups in total. The Morgan fingerprint density at radius 3 is 0.815 bits per heavy atom. The number of benzene rings is 25. The third kappa shape index (κ3) is 13.6. The van der Waals surface area contributed by atoms with Gasteiger partial charge in [0, 0.05) is 104 Å². The largest absolute Gasteiger partial charge is 0.309 e. The molecule has 0 amide bonds. The zero-order valence-corrected chi connectivity index (χ0v) is 79.6. The maximum atomic E-state index is 2.43. The summed E-state index contributed by atoms with van der Waals surface area (Å²) < 4.78 is 14.5. The Balaban J connectivity index is 0.000000104. The van der Waals surface area contributed by atoms with Crippen molar-refractivity contribution in [3.63, 3.8) is 0 Å². The van der Waals surface area contributed by atoms with Gasteiger partial charge >= 0.3 is 0 Å². The molecule has 146 heavy (non-hydrogen) atoms. The lowest BCUT2D eigenvalue weighted by molar-refractivity contribution is 1.18. The van der Waals surface area contributed by atoms with Gasteiger partial charge in [0.15, 0.2) is 0 Å². The Morgan fingerprint density at radius 2 is 0.370 bits per heavy atom. The normalized spacial score (nSPS) is 11.8. The van der Waals surface area contributed by atoms with Crippen LogP contribution in [-0.2, 0) is 0 Å². The van der Waals surface area contributed by atoms with Crippen molar-refractivity contribution in [2.45, 2.75) is 0 Å². The van der Waals surface area contributed by atoms with E-state index in [4.69, 9.17) is 0 Å². The van der Waals surface area contributed by atoms with Crippen molar-refractivity contribution in [1.29, 1.82) is 0 Å². The summed E-state index contributed by atoms with van der Waals surface area (Å²) in [5, 5.41) is 27.7. The summed E-state index contributed by atoms with van der Waals surface area (Å²) in [4.78, 5) is 0. The number of nitrogens with zero attached hydrogens (tertiary/aromatic N) is 6. The average Bonchev–Trinajstić information content (AvgIpc) is 1.57. The summed E-state index contributed by atoms with van der Waals surface area (Å²) in [6.45, 7) is 0. The van der Waals surface area contributed by atoms with Crippen molar-refractivity contribution in [3.05, 3.63) is 546 Å². The van der Waals surface area contributed by atoms with Gasteiger partial charge in [-0.25, -0.2) is 0 Å². The number of fused-ring (bicyclic) bond motifs is 24. The van der Waals surface area contributed by atoms with Crippen LogP contribution in [0.1, 0.15) is 0 Å². The first-order chi connectivity index (χ1) is 72.4. The van der Waals surface area contributed by atoms with Crippen LogP contribution in [0.3, 0.4) is 0 Å². The predicted molar refractivity (Wildman–Crippen MR) is 620 cm³/mol. The van der Waals surface area contributed by atoms with Crippen molar-refractivity contribution in [2.24, 2.45) is 0 Å². The smallest absolute Gasteiger partial charge is 0.0619 e. The highest BCUT2D eigenvalue weighted by molar-refractivity contribution is 6.22. The molecule has 0 saturated carbocycles. The second-order valence-corrected chi connectivity index (χ2v) is 38.5. The molecule has 0 aliphatic carbocycles. The van der Waals surface area contributed by atoms with Crippen LogP contribution >= 0.6 is 0 Å². The summed E-state index contributed by atoms with van der Waals surface area (Å²) in [5.41, 5.74) is 34.0. The van der Waals surface area contributed by atoms with Gasteiger partial charge in [0.05, 0.1) is 77.6 Å². The van der Waals surface area contributed by atoms with E-state index in [9.17, 15) is 0 Å². The van der Waals surface area contributed by atoms with Crippen LogP contribution < -0.4 is 0 Å². The molecule has 0 aliphatic rings. The van der Waals surface area contributed by atoms with E-state index in [0.717, 1.165) is 0 Å². The molecular formula is C140H90N6. The van der Waals surface area contributed by atoms with Crippen LogP contribution in [0.5, 0.6) is 0 Å². The summed E-state index contributed by atoms with van der Waals surface area (Å²) in [6, 6.07) is 199. The summed E-state index contributed by atoms with van der Waals surface area (Å²) >= 11 is 0. The summed E-state index contributed by atoms with van der Waals surface area (Å²) in [5.74, 6) is 0. The molecule has 6 aromatic heterocycles. The number of aromatic nitrogens is 6. The van der Waals surface area contributed by atoms with E-state index in [2.05, 4.69) is 573 Å². The van der Waals surface area contributed by atoms with Crippen molar-refractivity contribution < 1.29 is 0 Å². The molecule has 31 aromatic rings. The Labute approximate surface area is 841 Å². The highest BCUT2D eigenvalue weighted by Gasteiger charge is 2.25. The van der Waals surface area contributed by atoms with Gasteiger partial charge in [0.2, 0.25) is 0 Å². The fourth-order valence-corrected chi connectivity index (χ4v) is 23.9. The van der Waals surface area contributed by atoms with E-state index in [-0.39, 0.29) is 0 Å². The summed E-state index contributed by atoms with van der Waals surface area (Å²) in [6.07, 6.45) is 0. The van der Waals surface area contributed by atoms with Crippen molar-refractivity contribution in [3.8, 4) is 89.8 Å². The molecule has 6 heterocycles. The molecule has 0 saturated heterocycles. The number of para-hydroxylation sites is 7. The second-order valence-electron chi connectivity index (χ2n) is 38.5. The fraction of sp³-hybridized carbons (Fsp3) is 0. The molecule has 0 unspecified atom stereocenters. The first-order valence-corrected chi connectivity index (χ1v) is 50.3. The lowest BCUT2D eigenvalue weighted by Gasteiger charge is -2.14. The molecule has 680 valence electrons. The number of hydrogen-bond acceptors (Lipinski definition) is 0. The molecule has 6 nitrogen and oxygen atoms in total. The first kappa shape index (κ1) is 83.6. The van der Waals surface area contributed by atoms with Crippen LogP contribution in [0.4, 0.5) is 0 Å². The average molecular weight is 1860 g/mol. The SMILES string of the molecule is c1ccc(-c2cccc(-n3c4ccccc4c4cc(-c5ccc6c(c5)c5ccccc5n6-c5ccc6ccccc6c5)ccc43)c2)cc1.c1ccc(-n2c3ccc(-c4ccc5c(c4)c4ccccc4n5-c4cccc5ccccc45)cc3c3ccc4ccccc4c32)cc1.c1ccc(-n2c3ccccc3c3cc(-c4ccc(-c5ccc6c(c5)c5ccccc5n6-c5cccc6ccccc56)c5ccccc45)ccc32)cc1. The fourth-order valence-electron chi connectivity index (χ4n) is 23.9. The topological polar surface area (TPSA) is 29.6 Å². The van der Waals surface area contributed by atoms with Crippen LogP contribution in [0, 0.1) is 0 Å². The van der Waals surface area contributed by atoms with Gasteiger partial charge in [-0.15, -0.1) is 0 Å². The molecule has 6 heteroatoms. The zero-order chi connectivity index (χ0) is 96.0. The lowest BCUT2D eigenvalue weighted by Crippen LogP contribution is -1.95. The molecule has 0 fully saturated rings. The molecule has 0 bridgehead atoms. The predicted octanol–water partition coefficient (Wildman–Crippen LogP) is 37.7. The van der Waals surface area contributed by atoms with Crippen molar-refractivity contribution in [1.82, 2.24) is 27.4 Å². The highest BCUT2D eigenvalue weighted by atomic mass is 15.0. The van der Waals surface area contributed by atoms with E-state index in [1.165, 1.54) is 274 Å². The van der Waals surface area contributed by atoms with Gasteiger partial charge in [0.1, 0.15) is 0 Å². The molecule has 0 aliphatic heterocycles. The number of hydrogen-bond donors (Lipinski definition) is 0. The third-order valence-corrected chi connectivity index (χ3v) is 30.5. The Bertz CT molecular complexity index is 10700. The highest BCUT2D eigenvalue weighted by Crippen LogP contribution is 2.48. The molecule has 25 aromatic carbocycles. The van der Waals surface area contributed by atoms with Gasteiger partial charge in [-0.2, -0.15) is 0 Å². The Morgan fingerprint density at radius 1 is 0.103 bits per heavy atom. The van der Waals surface area contributed by atoms with Gasteiger partial charge in [-0.05, 0) is 257 Å². The minimum absolute atomic E-state index is 1.17. The van der Waals surface area contributed by atoms with Gasteiger partial charge in [0.25, 0.3) is 0 Å². The Hall–Kier alpha value is -19.4. The molecule has 0 atom stereocenters. The molecule has 31 rings (SSSR count). The van der Waals surface area contributed by atoms with E-state index < -0.39 is 0 Å². The van der Waals surface area contributed by atoms with Crippen molar-refractivity contribution >= 4 is 185 Å². The maximum Gasteiger partial charge on any atom is 0.0619 e. The second kappa shape index (κ2) is 34.3. The van der Waals surface area contributed by atoms with E-state index in [1.54, 1.807) is 0 Å². The monoisotopic (exact) mass is 1850 g/mol. The van der Waals surface area contributed by atoms with Crippen molar-refractivity contribution in [2.75, 3.05) is 0 Å². The van der Waals surface area contributed by atoms with Crippen LogP contribution in [0.25, 0.3) is 274 Å². The van der Waals surface area contributed by atoms with E-state index in [1.807, 2.05) is 0 Å². The Kier molecular flexibility index (Phi) is 19.6. The van der Waals surface area contributed by atoms with E-state index >= 15 is 0 Å². The maximum absolute atomic E-state index is 2.43.